The Morgan fingerprint density at radius 1 is 1.75 bits per heavy atom. The van der Waals surface area contributed by atoms with E-state index >= 15 is 0 Å². The van der Waals surface area contributed by atoms with E-state index in [1.807, 2.05) is 4.90 Å². The van der Waals surface area contributed by atoms with Crippen molar-refractivity contribution >= 4 is 5.91 Å². The third-order valence-electron chi connectivity index (χ3n) is 2.20. The summed E-state index contributed by atoms with van der Waals surface area (Å²) in [5, 5.41) is 8.44. The van der Waals surface area contributed by atoms with Crippen molar-refractivity contribution in [2.75, 3.05) is 19.6 Å². The van der Waals surface area contributed by atoms with Crippen molar-refractivity contribution in [3.63, 3.8) is 0 Å². The van der Waals surface area contributed by atoms with Gasteiger partial charge in [0.25, 0.3) is 0 Å². The van der Waals surface area contributed by atoms with Crippen molar-refractivity contribution in [1.29, 1.82) is 5.26 Å². The van der Waals surface area contributed by atoms with Gasteiger partial charge in [-0.1, -0.05) is 0 Å². The Morgan fingerprint density at radius 2 is 2.50 bits per heavy atom. The Balaban J connectivity index is 2.41. The number of carbonyl (C=O) groups is 1. The van der Waals surface area contributed by atoms with Gasteiger partial charge in [0.1, 0.15) is 0 Å². The molecule has 1 aliphatic heterocycles. The van der Waals surface area contributed by atoms with Gasteiger partial charge < -0.3 is 5.73 Å². The smallest absolute Gasteiger partial charge is 0.221 e. The van der Waals surface area contributed by atoms with Crippen LogP contribution in [0, 0.1) is 17.2 Å². The van der Waals surface area contributed by atoms with Gasteiger partial charge in [0.2, 0.25) is 5.91 Å². The van der Waals surface area contributed by atoms with Gasteiger partial charge >= 0.3 is 0 Å². The van der Waals surface area contributed by atoms with E-state index in [9.17, 15) is 4.79 Å². The third kappa shape index (κ3) is 2.21. The van der Waals surface area contributed by atoms with Crippen LogP contribution in [0.15, 0.2) is 0 Å². The fourth-order valence-corrected chi connectivity index (χ4v) is 1.53. The molecular formula is C8H13N3O. The molecular weight excluding hydrogens is 154 g/mol. The van der Waals surface area contributed by atoms with E-state index in [1.54, 1.807) is 0 Å². The number of nitrogens with two attached hydrogens (primary N) is 1. The van der Waals surface area contributed by atoms with Crippen molar-refractivity contribution in [2.45, 2.75) is 12.8 Å². The Labute approximate surface area is 71.9 Å². The molecule has 1 unspecified atom stereocenters. The molecule has 1 saturated heterocycles. The van der Waals surface area contributed by atoms with Crippen molar-refractivity contribution in [2.24, 2.45) is 11.7 Å². The van der Waals surface area contributed by atoms with E-state index in [0.29, 0.717) is 13.1 Å². The fraction of sp³-hybridized carbons (Fsp3) is 0.750. The summed E-state index contributed by atoms with van der Waals surface area (Å²) < 4.78 is 0. The first-order valence-electron chi connectivity index (χ1n) is 4.12. The average Bonchev–Trinajstić information content (AvgIpc) is 2.05. The fourth-order valence-electron chi connectivity index (χ4n) is 1.53. The predicted molar refractivity (Wildman–Crippen MR) is 44.0 cm³/mol. The van der Waals surface area contributed by atoms with E-state index in [-0.39, 0.29) is 11.8 Å². The minimum atomic E-state index is -0.238. The van der Waals surface area contributed by atoms with E-state index in [0.717, 1.165) is 19.4 Å². The van der Waals surface area contributed by atoms with Gasteiger partial charge in [-0.25, -0.2) is 0 Å². The lowest BCUT2D eigenvalue weighted by molar-refractivity contribution is -0.123. The maximum Gasteiger partial charge on any atom is 0.221 e. The minimum Gasteiger partial charge on any atom is -0.369 e. The van der Waals surface area contributed by atoms with E-state index in [1.165, 1.54) is 0 Å². The lowest BCUT2D eigenvalue weighted by Gasteiger charge is -2.28. The van der Waals surface area contributed by atoms with E-state index in [4.69, 9.17) is 11.0 Å². The molecule has 1 atom stereocenters. The minimum absolute atomic E-state index is 0.0490. The van der Waals surface area contributed by atoms with Gasteiger partial charge in [-0.05, 0) is 19.4 Å². The van der Waals surface area contributed by atoms with Crippen molar-refractivity contribution in [3.05, 3.63) is 0 Å². The molecule has 0 aromatic carbocycles. The molecule has 12 heavy (non-hydrogen) atoms. The second-order valence-corrected chi connectivity index (χ2v) is 3.13. The summed E-state index contributed by atoms with van der Waals surface area (Å²) in [6.45, 7) is 1.98. The molecule has 0 spiro atoms. The average molecular weight is 167 g/mol. The molecule has 0 aromatic heterocycles. The zero-order valence-electron chi connectivity index (χ0n) is 6.99. The number of hydrogen-bond acceptors (Lipinski definition) is 3. The lowest BCUT2D eigenvalue weighted by atomic mass is 9.98. The highest BCUT2D eigenvalue weighted by molar-refractivity contribution is 5.76. The van der Waals surface area contributed by atoms with Crippen LogP contribution in [0.1, 0.15) is 12.8 Å². The molecule has 1 amide bonds. The number of likely N-dealkylation sites (tertiary alicyclic amines) is 1. The number of hydrogen-bond donors (Lipinski definition) is 1. The summed E-state index contributed by atoms with van der Waals surface area (Å²) in [6, 6.07) is 2.07. The van der Waals surface area contributed by atoms with E-state index < -0.39 is 0 Å². The normalized spacial score (nSPS) is 24.8. The number of primary amides is 1. The number of nitriles is 1. The summed E-state index contributed by atoms with van der Waals surface area (Å²) in [5.41, 5.74) is 5.18. The van der Waals surface area contributed by atoms with Crippen molar-refractivity contribution < 1.29 is 4.79 Å². The molecule has 0 aliphatic carbocycles. The van der Waals surface area contributed by atoms with Crippen LogP contribution in [0.25, 0.3) is 0 Å². The van der Waals surface area contributed by atoms with Crippen LogP contribution in [0.2, 0.25) is 0 Å². The standard InChI is InChI=1S/C8H13N3O/c9-3-5-11-4-1-2-7(6-11)8(10)12/h7H,1-2,4-6H2,(H2,10,12). The van der Waals surface area contributed by atoms with Crippen LogP contribution in [0.4, 0.5) is 0 Å². The first-order valence-corrected chi connectivity index (χ1v) is 4.12. The molecule has 0 radical (unpaired) electrons. The topological polar surface area (TPSA) is 70.1 Å². The number of rotatable bonds is 2. The summed E-state index contributed by atoms with van der Waals surface area (Å²) in [7, 11) is 0. The second kappa shape index (κ2) is 4.07. The molecule has 66 valence electrons. The first-order chi connectivity index (χ1) is 5.74. The summed E-state index contributed by atoms with van der Waals surface area (Å²) in [4.78, 5) is 12.8. The Hall–Kier alpha value is -1.08. The maximum absolute atomic E-state index is 10.8. The largest absolute Gasteiger partial charge is 0.369 e. The molecule has 1 aliphatic rings. The maximum atomic E-state index is 10.8. The summed E-state index contributed by atoms with van der Waals surface area (Å²) in [5.74, 6) is -0.287. The number of amides is 1. The monoisotopic (exact) mass is 167 g/mol. The highest BCUT2D eigenvalue weighted by Gasteiger charge is 2.23. The number of piperidine rings is 1. The first kappa shape index (κ1) is 9.01. The van der Waals surface area contributed by atoms with Crippen molar-refractivity contribution in [3.8, 4) is 6.07 Å². The molecule has 1 rings (SSSR count). The SMILES string of the molecule is N#CCN1CCCC(C(N)=O)C1. The quantitative estimate of drug-likeness (QED) is 0.574. The molecule has 2 N–H and O–H groups in total. The molecule has 4 nitrogen and oxygen atoms in total. The molecule has 0 bridgehead atoms. The van der Waals surface area contributed by atoms with Crippen LogP contribution in [-0.4, -0.2) is 30.4 Å². The molecule has 0 saturated carbocycles. The molecule has 1 fully saturated rings. The number of nitrogens with zero attached hydrogens (tertiary/aromatic N) is 2. The third-order valence-corrected chi connectivity index (χ3v) is 2.20. The van der Waals surface area contributed by atoms with Crippen molar-refractivity contribution in [1.82, 2.24) is 4.90 Å². The van der Waals surface area contributed by atoms with E-state index in [2.05, 4.69) is 6.07 Å². The van der Waals surface area contributed by atoms with Gasteiger partial charge in [-0.3, -0.25) is 9.69 Å². The van der Waals surface area contributed by atoms with Gasteiger partial charge in [-0.15, -0.1) is 0 Å². The zero-order valence-corrected chi connectivity index (χ0v) is 6.99. The van der Waals surface area contributed by atoms with Crippen LogP contribution >= 0.6 is 0 Å². The summed E-state index contributed by atoms with van der Waals surface area (Å²) in [6.07, 6.45) is 1.84. The van der Waals surface area contributed by atoms with Gasteiger partial charge in [0.05, 0.1) is 18.5 Å². The second-order valence-electron chi connectivity index (χ2n) is 3.13. The highest BCUT2D eigenvalue weighted by Crippen LogP contribution is 2.14. The molecule has 4 heteroatoms. The Kier molecular flexibility index (Phi) is 3.06. The Bertz CT molecular complexity index is 209. The van der Waals surface area contributed by atoms with Crippen LogP contribution in [-0.2, 0) is 4.79 Å². The molecule has 1 heterocycles. The highest BCUT2D eigenvalue weighted by atomic mass is 16.1. The predicted octanol–water partition coefficient (Wildman–Crippen LogP) is -0.293. The van der Waals surface area contributed by atoms with Gasteiger partial charge in [-0.2, -0.15) is 5.26 Å². The van der Waals surface area contributed by atoms with Crippen LogP contribution < -0.4 is 5.73 Å². The number of carbonyl (C=O) groups excluding carboxylic acids is 1. The van der Waals surface area contributed by atoms with Gasteiger partial charge in [0, 0.05) is 6.54 Å². The Morgan fingerprint density at radius 3 is 3.08 bits per heavy atom. The van der Waals surface area contributed by atoms with Crippen LogP contribution in [0.5, 0.6) is 0 Å². The zero-order chi connectivity index (χ0) is 8.97. The molecule has 0 aromatic rings. The lowest BCUT2D eigenvalue weighted by Crippen LogP contribution is -2.41. The van der Waals surface area contributed by atoms with Crippen LogP contribution in [0.3, 0.4) is 0 Å². The summed E-state index contributed by atoms with van der Waals surface area (Å²) >= 11 is 0. The van der Waals surface area contributed by atoms with Gasteiger partial charge in [0.15, 0.2) is 0 Å².